The number of rotatable bonds is 7. The van der Waals surface area contributed by atoms with E-state index < -0.39 is 0 Å². The van der Waals surface area contributed by atoms with Crippen molar-refractivity contribution in [2.45, 2.75) is 44.2 Å². The zero-order valence-electron chi connectivity index (χ0n) is 20.0. The molecule has 2 saturated carbocycles. The summed E-state index contributed by atoms with van der Waals surface area (Å²) >= 11 is 0. The number of likely N-dealkylation sites (tertiary alicyclic amines) is 1. The van der Waals surface area contributed by atoms with Gasteiger partial charge in [0.1, 0.15) is 5.82 Å². The SMILES string of the molecule is CN(C)[C@@H]1C[C@@H]2CN(C(=O)Cc3nc(-c4ccccc4)n[nH]3)C[C@@H]2C[C@H]1OCC1CC1.O=CO. The molecule has 3 fully saturated rings. The molecule has 0 bridgehead atoms. The van der Waals surface area contributed by atoms with Crippen LogP contribution < -0.4 is 0 Å². The van der Waals surface area contributed by atoms with Gasteiger partial charge in [-0.25, -0.2) is 4.98 Å². The Balaban J connectivity index is 0.000000868. The molecule has 0 radical (unpaired) electrons. The van der Waals surface area contributed by atoms with Crippen molar-refractivity contribution in [1.29, 1.82) is 0 Å². The fourth-order valence-corrected chi connectivity index (χ4v) is 5.21. The largest absolute Gasteiger partial charge is 0.483 e. The van der Waals surface area contributed by atoms with Gasteiger partial charge < -0.3 is 19.6 Å². The summed E-state index contributed by atoms with van der Waals surface area (Å²) in [5.74, 6) is 3.30. The Morgan fingerprint density at radius 2 is 1.88 bits per heavy atom. The summed E-state index contributed by atoms with van der Waals surface area (Å²) in [6.07, 6.45) is 5.37. The number of ether oxygens (including phenoxy) is 1. The van der Waals surface area contributed by atoms with Crippen molar-refractivity contribution in [3.05, 3.63) is 36.2 Å². The minimum atomic E-state index is -0.250. The van der Waals surface area contributed by atoms with Crippen LogP contribution in [0.15, 0.2) is 30.3 Å². The van der Waals surface area contributed by atoms with Crippen molar-refractivity contribution in [2.75, 3.05) is 33.8 Å². The molecule has 5 rings (SSSR count). The van der Waals surface area contributed by atoms with Crippen molar-refractivity contribution >= 4 is 12.4 Å². The van der Waals surface area contributed by atoms with Gasteiger partial charge >= 0.3 is 0 Å². The fourth-order valence-electron chi connectivity index (χ4n) is 5.21. The normalized spacial score (nSPS) is 26.0. The molecule has 1 saturated heterocycles. The van der Waals surface area contributed by atoms with Gasteiger partial charge in [0.25, 0.3) is 6.47 Å². The highest BCUT2D eigenvalue weighted by Gasteiger charge is 2.44. The second-order valence-corrected chi connectivity index (χ2v) is 9.89. The first kappa shape index (κ1) is 24.3. The molecule has 1 aromatic carbocycles. The molecule has 1 aromatic heterocycles. The van der Waals surface area contributed by atoms with Crippen LogP contribution in [0.3, 0.4) is 0 Å². The zero-order chi connectivity index (χ0) is 24.1. The lowest BCUT2D eigenvalue weighted by atomic mass is 9.77. The van der Waals surface area contributed by atoms with Crippen LogP contribution in [-0.2, 0) is 20.7 Å². The van der Waals surface area contributed by atoms with Gasteiger partial charge in [0.2, 0.25) is 5.91 Å². The first-order valence-corrected chi connectivity index (χ1v) is 12.1. The quantitative estimate of drug-likeness (QED) is 0.599. The number of hydrogen-bond donors (Lipinski definition) is 2. The standard InChI is InChI=1S/C24H33N5O2.CH2O2/c1-28(2)20-10-18-13-29(14-19(18)11-21(20)31-15-16-8-9-16)23(30)12-22-25-24(27-26-22)17-6-4-3-5-7-17;2-1-3/h3-7,16,18-21H,8-15H2,1-2H3,(H,25,26,27);1H,(H,2,3)/t18-,19+,20-,21-;/m1./s1. The number of benzene rings is 1. The Labute approximate surface area is 200 Å². The maximum atomic E-state index is 13.0. The molecule has 2 heterocycles. The number of H-pyrrole nitrogens is 1. The molecule has 4 atom stereocenters. The fraction of sp³-hybridized carbons (Fsp3) is 0.600. The van der Waals surface area contributed by atoms with Crippen LogP contribution in [0.2, 0.25) is 0 Å². The summed E-state index contributed by atoms with van der Waals surface area (Å²) in [7, 11) is 4.31. The molecular weight excluding hydrogens is 434 g/mol. The lowest BCUT2D eigenvalue weighted by Crippen LogP contribution is -2.48. The van der Waals surface area contributed by atoms with E-state index >= 15 is 0 Å². The summed E-state index contributed by atoms with van der Waals surface area (Å²) in [5.41, 5.74) is 0.955. The number of carbonyl (C=O) groups excluding carboxylic acids is 1. The van der Waals surface area contributed by atoms with Gasteiger partial charge in [0.05, 0.1) is 12.5 Å². The van der Waals surface area contributed by atoms with E-state index in [1.807, 2.05) is 35.2 Å². The molecule has 2 aromatic rings. The molecule has 2 N–H and O–H groups in total. The highest BCUT2D eigenvalue weighted by molar-refractivity contribution is 5.78. The van der Waals surface area contributed by atoms with Crippen LogP contribution >= 0.6 is 0 Å². The van der Waals surface area contributed by atoms with E-state index in [2.05, 4.69) is 34.2 Å². The predicted octanol–water partition coefficient (Wildman–Crippen LogP) is 2.31. The van der Waals surface area contributed by atoms with Gasteiger partial charge in [0.15, 0.2) is 5.82 Å². The van der Waals surface area contributed by atoms with E-state index in [0.717, 1.165) is 44.0 Å². The van der Waals surface area contributed by atoms with E-state index in [-0.39, 0.29) is 24.9 Å². The van der Waals surface area contributed by atoms with E-state index in [0.29, 0.717) is 29.5 Å². The average molecular weight is 470 g/mol. The number of carbonyl (C=O) groups is 2. The molecule has 1 aliphatic heterocycles. The van der Waals surface area contributed by atoms with Crippen LogP contribution in [0.5, 0.6) is 0 Å². The number of fused-ring (bicyclic) bond motifs is 1. The van der Waals surface area contributed by atoms with Gasteiger partial charge in [-0.2, -0.15) is 5.10 Å². The van der Waals surface area contributed by atoms with Gasteiger partial charge in [-0.15, -0.1) is 0 Å². The zero-order valence-corrected chi connectivity index (χ0v) is 20.0. The predicted molar refractivity (Wildman–Crippen MR) is 127 cm³/mol. The van der Waals surface area contributed by atoms with Crippen LogP contribution in [-0.4, -0.2) is 88.4 Å². The topological polar surface area (TPSA) is 112 Å². The highest BCUT2D eigenvalue weighted by Crippen LogP contribution is 2.40. The number of nitrogens with one attached hydrogen (secondary N) is 1. The summed E-state index contributed by atoms with van der Waals surface area (Å²) in [5, 5.41) is 14.1. The number of carboxylic acid groups (broad SMARTS) is 1. The Hall–Kier alpha value is -2.78. The minimum Gasteiger partial charge on any atom is -0.483 e. The molecule has 9 heteroatoms. The minimum absolute atomic E-state index is 0.141. The van der Waals surface area contributed by atoms with Crippen molar-refractivity contribution < 1.29 is 19.4 Å². The van der Waals surface area contributed by atoms with Gasteiger partial charge in [0, 0.05) is 31.3 Å². The van der Waals surface area contributed by atoms with Crippen molar-refractivity contribution in [3.63, 3.8) is 0 Å². The van der Waals surface area contributed by atoms with E-state index in [9.17, 15) is 4.79 Å². The van der Waals surface area contributed by atoms with Crippen molar-refractivity contribution in [2.24, 2.45) is 17.8 Å². The van der Waals surface area contributed by atoms with E-state index in [1.165, 1.54) is 12.8 Å². The third-order valence-corrected chi connectivity index (χ3v) is 7.23. The monoisotopic (exact) mass is 469 g/mol. The number of hydrogen-bond acceptors (Lipinski definition) is 6. The Morgan fingerprint density at radius 3 is 2.53 bits per heavy atom. The lowest BCUT2D eigenvalue weighted by Gasteiger charge is -2.41. The number of aromatic amines is 1. The van der Waals surface area contributed by atoms with Gasteiger partial charge in [-0.3, -0.25) is 14.7 Å². The van der Waals surface area contributed by atoms with Crippen molar-refractivity contribution in [1.82, 2.24) is 25.0 Å². The molecule has 1 amide bonds. The molecule has 0 spiro atoms. The second kappa shape index (κ2) is 11.1. The molecule has 3 aliphatic rings. The van der Waals surface area contributed by atoms with E-state index in [1.54, 1.807) is 0 Å². The molecule has 34 heavy (non-hydrogen) atoms. The smallest absolute Gasteiger partial charge is 0.290 e. The third kappa shape index (κ3) is 6.01. The summed E-state index contributed by atoms with van der Waals surface area (Å²) in [6, 6.07) is 10.3. The molecule has 2 aliphatic carbocycles. The summed E-state index contributed by atoms with van der Waals surface area (Å²) in [6.45, 7) is 2.35. The number of amides is 1. The Kier molecular flexibility index (Phi) is 7.95. The van der Waals surface area contributed by atoms with Crippen LogP contribution in [0.1, 0.15) is 31.5 Å². The van der Waals surface area contributed by atoms with Gasteiger partial charge in [-0.1, -0.05) is 30.3 Å². The lowest BCUT2D eigenvalue weighted by molar-refractivity contribution is -0.129. The van der Waals surface area contributed by atoms with Crippen LogP contribution in [0.4, 0.5) is 0 Å². The Morgan fingerprint density at radius 1 is 1.21 bits per heavy atom. The number of likely N-dealkylation sites (N-methyl/N-ethyl adjacent to an activating group) is 1. The number of aromatic nitrogens is 3. The summed E-state index contributed by atoms with van der Waals surface area (Å²) in [4.78, 5) is 30.3. The molecule has 9 nitrogen and oxygen atoms in total. The van der Waals surface area contributed by atoms with Gasteiger partial charge in [-0.05, 0) is 57.5 Å². The maximum absolute atomic E-state index is 13.0. The molecule has 0 unspecified atom stereocenters. The van der Waals surface area contributed by atoms with Crippen LogP contribution in [0, 0.1) is 17.8 Å². The third-order valence-electron chi connectivity index (χ3n) is 7.23. The van der Waals surface area contributed by atoms with Crippen molar-refractivity contribution in [3.8, 4) is 11.4 Å². The summed E-state index contributed by atoms with van der Waals surface area (Å²) < 4.78 is 6.36. The molecular formula is C25H35N5O4. The second-order valence-electron chi connectivity index (χ2n) is 9.89. The maximum Gasteiger partial charge on any atom is 0.290 e. The van der Waals surface area contributed by atoms with Crippen LogP contribution in [0.25, 0.3) is 11.4 Å². The Bertz CT molecular complexity index is 946. The average Bonchev–Trinajstić information content (AvgIpc) is 3.38. The number of nitrogens with zero attached hydrogens (tertiary/aromatic N) is 4. The highest BCUT2D eigenvalue weighted by atomic mass is 16.5. The first-order valence-electron chi connectivity index (χ1n) is 12.1. The molecule has 184 valence electrons. The van der Waals surface area contributed by atoms with E-state index in [4.69, 9.17) is 14.6 Å². The first-order chi connectivity index (χ1) is 16.5.